The van der Waals surface area contributed by atoms with Crippen molar-refractivity contribution in [1.29, 1.82) is 0 Å². The van der Waals surface area contributed by atoms with Crippen molar-refractivity contribution in [1.82, 2.24) is 0 Å². The zero-order valence-corrected chi connectivity index (χ0v) is 7.72. The Kier molecular flexibility index (Phi) is 2.50. The number of aliphatic hydroxyl groups excluding tert-OH is 1. The normalized spacial score (nSPS) is 26.2. The number of cyclic esters (lactones) is 1. The Hall–Kier alpha value is -1.35. The second-order valence-corrected chi connectivity index (χ2v) is 3.47. The van der Waals surface area contributed by atoms with Crippen LogP contribution in [0, 0.1) is 5.92 Å². The Morgan fingerprint density at radius 3 is 2.71 bits per heavy atom. The van der Waals surface area contributed by atoms with Gasteiger partial charge in [-0.3, -0.25) is 4.79 Å². The maximum atomic E-state index is 11.1. The first kappa shape index (κ1) is 9.21. The smallest absolute Gasteiger partial charge is 0.306 e. The highest BCUT2D eigenvalue weighted by Crippen LogP contribution is 2.34. The van der Waals surface area contributed by atoms with Crippen molar-refractivity contribution < 1.29 is 14.6 Å². The molecule has 0 saturated carbocycles. The van der Waals surface area contributed by atoms with E-state index in [1.807, 2.05) is 30.3 Å². The summed E-state index contributed by atoms with van der Waals surface area (Å²) in [5.41, 5.74) is 0.956. The number of hydrogen-bond acceptors (Lipinski definition) is 3. The summed E-state index contributed by atoms with van der Waals surface area (Å²) >= 11 is 0. The van der Waals surface area contributed by atoms with Gasteiger partial charge in [0.25, 0.3) is 0 Å². The van der Waals surface area contributed by atoms with Gasteiger partial charge in [-0.25, -0.2) is 0 Å². The van der Waals surface area contributed by atoms with Gasteiger partial charge in [-0.05, 0) is 5.56 Å². The molecule has 0 amide bonds. The van der Waals surface area contributed by atoms with Crippen molar-refractivity contribution in [3.8, 4) is 0 Å². The van der Waals surface area contributed by atoms with Gasteiger partial charge < -0.3 is 9.84 Å². The lowest BCUT2D eigenvalue weighted by molar-refractivity contribution is -0.141. The average Bonchev–Trinajstić information content (AvgIpc) is 2.61. The Labute approximate surface area is 82.3 Å². The van der Waals surface area contributed by atoms with E-state index in [1.54, 1.807) is 0 Å². The van der Waals surface area contributed by atoms with E-state index in [2.05, 4.69) is 0 Å². The molecule has 2 atom stereocenters. The minimum Gasteiger partial charge on any atom is -0.457 e. The van der Waals surface area contributed by atoms with Crippen LogP contribution in [0.5, 0.6) is 0 Å². The maximum Gasteiger partial charge on any atom is 0.306 e. The van der Waals surface area contributed by atoms with Crippen molar-refractivity contribution >= 4 is 5.97 Å². The number of aliphatic hydroxyl groups is 1. The first-order valence-electron chi connectivity index (χ1n) is 4.66. The minimum atomic E-state index is -0.270. The SMILES string of the molecule is O=C1CC(CO)C(c2ccccc2)O1. The van der Waals surface area contributed by atoms with E-state index in [0.29, 0.717) is 6.42 Å². The third-order valence-electron chi connectivity index (χ3n) is 2.48. The lowest BCUT2D eigenvalue weighted by Crippen LogP contribution is -2.11. The molecule has 14 heavy (non-hydrogen) atoms. The molecule has 1 N–H and O–H groups in total. The van der Waals surface area contributed by atoms with Gasteiger partial charge in [0.05, 0.1) is 13.0 Å². The first-order chi connectivity index (χ1) is 6.81. The molecular formula is C11H12O3. The van der Waals surface area contributed by atoms with Crippen LogP contribution in [-0.4, -0.2) is 17.7 Å². The standard InChI is InChI=1S/C11H12O3/c12-7-9-6-10(13)14-11(9)8-4-2-1-3-5-8/h1-5,9,11-12H,6-7H2. The molecule has 3 heteroatoms. The van der Waals surface area contributed by atoms with Crippen LogP contribution < -0.4 is 0 Å². The van der Waals surface area contributed by atoms with Gasteiger partial charge in [0.2, 0.25) is 0 Å². The molecule has 2 rings (SSSR count). The Morgan fingerprint density at radius 2 is 2.07 bits per heavy atom. The zero-order valence-electron chi connectivity index (χ0n) is 7.72. The van der Waals surface area contributed by atoms with Crippen LogP contribution >= 0.6 is 0 Å². The second-order valence-electron chi connectivity index (χ2n) is 3.47. The van der Waals surface area contributed by atoms with Crippen molar-refractivity contribution in [3.05, 3.63) is 35.9 Å². The fourth-order valence-corrected chi connectivity index (χ4v) is 1.75. The summed E-state index contributed by atoms with van der Waals surface area (Å²) in [6, 6.07) is 9.53. The van der Waals surface area contributed by atoms with Crippen LogP contribution in [-0.2, 0) is 9.53 Å². The molecule has 1 aromatic carbocycles. The van der Waals surface area contributed by atoms with Crippen LogP contribution in [0.25, 0.3) is 0 Å². The fourth-order valence-electron chi connectivity index (χ4n) is 1.75. The zero-order chi connectivity index (χ0) is 9.97. The highest BCUT2D eigenvalue weighted by atomic mass is 16.6. The van der Waals surface area contributed by atoms with Gasteiger partial charge in [-0.1, -0.05) is 30.3 Å². The molecule has 0 aliphatic carbocycles. The maximum absolute atomic E-state index is 11.1. The van der Waals surface area contributed by atoms with Crippen molar-refractivity contribution in [2.45, 2.75) is 12.5 Å². The molecular weight excluding hydrogens is 180 g/mol. The monoisotopic (exact) mass is 192 g/mol. The summed E-state index contributed by atoms with van der Waals surface area (Å²) < 4.78 is 5.15. The Morgan fingerprint density at radius 1 is 1.36 bits per heavy atom. The molecule has 1 saturated heterocycles. The molecule has 74 valence electrons. The molecule has 1 aliphatic heterocycles. The predicted octanol–water partition coefficient (Wildman–Crippen LogP) is 1.28. The van der Waals surface area contributed by atoms with Gasteiger partial charge in [0, 0.05) is 5.92 Å². The van der Waals surface area contributed by atoms with Gasteiger partial charge in [-0.2, -0.15) is 0 Å². The number of esters is 1. The van der Waals surface area contributed by atoms with Crippen molar-refractivity contribution in [2.75, 3.05) is 6.61 Å². The van der Waals surface area contributed by atoms with Crippen molar-refractivity contribution in [2.24, 2.45) is 5.92 Å². The molecule has 1 aromatic rings. The first-order valence-corrected chi connectivity index (χ1v) is 4.66. The number of carbonyl (C=O) groups excluding carboxylic acids is 1. The lowest BCUT2D eigenvalue weighted by atomic mass is 9.96. The van der Waals surface area contributed by atoms with Gasteiger partial charge in [0.15, 0.2) is 0 Å². The van der Waals surface area contributed by atoms with Crippen LogP contribution in [0.15, 0.2) is 30.3 Å². The van der Waals surface area contributed by atoms with Crippen molar-refractivity contribution in [3.63, 3.8) is 0 Å². The van der Waals surface area contributed by atoms with Gasteiger partial charge in [-0.15, -0.1) is 0 Å². The van der Waals surface area contributed by atoms with E-state index in [4.69, 9.17) is 9.84 Å². The third-order valence-corrected chi connectivity index (χ3v) is 2.48. The van der Waals surface area contributed by atoms with E-state index in [0.717, 1.165) is 5.56 Å². The summed E-state index contributed by atoms with van der Waals surface area (Å²) in [5.74, 6) is -0.317. The number of rotatable bonds is 2. The van der Waals surface area contributed by atoms with E-state index < -0.39 is 0 Å². The Bertz CT molecular complexity index is 321. The molecule has 0 bridgehead atoms. The van der Waals surface area contributed by atoms with E-state index >= 15 is 0 Å². The average molecular weight is 192 g/mol. The predicted molar refractivity (Wildman–Crippen MR) is 50.5 cm³/mol. The summed E-state index contributed by atoms with van der Waals surface area (Å²) in [7, 11) is 0. The quantitative estimate of drug-likeness (QED) is 0.718. The molecule has 0 aromatic heterocycles. The third kappa shape index (κ3) is 1.63. The van der Waals surface area contributed by atoms with Crippen LogP contribution in [0.3, 0.4) is 0 Å². The van der Waals surface area contributed by atoms with Crippen LogP contribution in [0.4, 0.5) is 0 Å². The van der Waals surface area contributed by atoms with Crippen LogP contribution in [0.1, 0.15) is 18.1 Å². The van der Waals surface area contributed by atoms with Crippen LogP contribution in [0.2, 0.25) is 0 Å². The molecule has 3 nitrogen and oxygen atoms in total. The molecule has 0 radical (unpaired) electrons. The van der Waals surface area contributed by atoms with Gasteiger partial charge >= 0.3 is 5.97 Å². The molecule has 2 unspecified atom stereocenters. The number of hydrogen-bond donors (Lipinski definition) is 1. The molecule has 1 aliphatic rings. The summed E-state index contributed by atoms with van der Waals surface area (Å²) in [6.45, 7) is -0.00863. The summed E-state index contributed by atoms with van der Waals surface area (Å²) in [6.07, 6.45) is 0.0458. The number of carbonyl (C=O) groups is 1. The van der Waals surface area contributed by atoms with E-state index in [1.165, 1.54) is 0 Å². The second kappa shape index (κ2) is 3.80. The fraction of sp³-hybridized carbons (Fsp3) is 0.364. The number of benzene rings is 1. The summed E-state index contributed by atoms with van der Waals surface area (Å²) in [4.78, 5) is 11.1. The topological polar surface area (TPSA) is 46.5 Å². The highest BCUT2D eigenvalue weighted by molar-refractivity contribution is 5.72. The molecule has 1 heterocycles. The largest absolute Gasteiger partial charge is 0.457 e. The van der Waals surface area contributed by atoms with E-state index in [9.17, 15) is 4.79 Å². The molecule has 1 fully saturated rings. The van der Waals surface area contributed by atoms with Gasteiger partial charge in [0.1, 0.15) is 6.10 Å². The minimum absolute atomic E-state index is 0.00863. The summed E-state index contributed by atoms with van der Waals surface area (Å²) in [5, 5.41) is 9.08. The number of ether oxygens (including phenoxy) is 1. The lowest BCUT2D eigenvalue weighted by Gasteiger charge is -2.15. The Balaban J connectivity index is 2.22. The van der Waals surface area contributed by atoms with E-state index in [-0.39, 0.29) is 24.6 Å². The highest BCUT2D eigenvalue weighted by Gasteiger charge is 2.35. The molecule has 0 spiro atoms.